The van der Waals surface area contributed by atoms with Crippen molar-refractivity contribution in [1.29, 1.82) is 0 Å². The molecule has 2 rings (SSSR count). The molecule has 0 saturated carbocycles. The van der Waals surface area contributed by atoms with Gasteiger partial charge in [0.15, 0.2) is 0 Å². The molecule has 1 atom stereocenters. The van der Waals surface area contributed by atoms with Crippen molar-refractivity contribution in [1.82, 2.24) is 5.32 Å². The maximum atomic E-state index is 13.3. The van der Waals surface area contributed by atoms with Crippen molar-refractivity contribution in [3.63, 3.8) is 0 Å². The van der Waals surface area contributed by atoms with Crippen molar-refractivity contribution in [2.24, 2.45) is 0 Å². The minimum atomic E-state index is -0.283. The van der Waals surface area contributed by atoms with E-state index >= 15 is 0 Å². The highest BCUT2D eigenvalue weighted by molar-refractivity contribution is 8.00. The zero-order valence-electron chi connectivity index (χ0n) is 10.0. The Hall–Kier alpha value is -1.07. The van der Waals surface area contributed by atoms with Gasteiger partial charge in [0.2, 0.25) is 5.91 Å². The highest BCUT2D eigenvalue weighted by Crippen LogP contribution is 2.20. The van der Waals surface area contributed by atoms with Crippen LogP contribution in [-0.2, 0) is 9.53 Å². The summed E-state index contributed by atoms with van der Waals surface area (Å²) in [5.41, 5.74) is 0. The number of ether oxygens (including phenoxy) is 1. The molecule has 1 saturated heterocycles. The van der Waals surface area contributed by atoms with Crippen molar-refractivity contribution < 1.29 is 13.9 Å². The topological polar surface area (TPSA) is 38.3 Å². The Morgan fingerprint density at radius 1 is 1.50 bits per heavy atom. The van der Waals surface area contributed by atoms with Gasteiger partial charge in [0.05, 0.1) is 11.9 Å². The molecule has 0 unspecified atom stereocenters. The Morgan fingerprint density at radius 3 is 3.06 bits per heavy atom. The number of thioether (sulfide) groups is 1. The predicted molar refractivity (Wildman–Crippen MR) is 69.1 cm³/mol. The van der Waals surface area contributed by atoms with Crippen LogP contribution in [0, 0.1) is 5.82 Å². The summed E-state index contributed by atoms with van der Waals surface area (Å²) in [4.78, 5) is 12.1. The van der Waals surface area contributed by atoms with Crippen LogP contribution >= 0.6 is 11.8 Å². The summed E-state index contributed by atoms with van der Waals surface area (Å²) in [5.74, 6) is -0.138. The van der Waals surface area contributed by atoms with Crippen LogP contribution in [0.4, 0.5) is 4.39 Å². The number of hydrogen-bond acceptors (Lipinski definition) is 3. The fourth-order valence-electron chi connectivity index (χ4n) is 1.79. The second-order valence-electron chi connectivity index (χ2n) is 4.16. The van der Waals surface area contributed by atoms with E-state index in [2.05, 4.69) is 5.32 Å². The van der Waals surface area contributed by atoms with Crippen molar-refractivity contribution in [2.45, 2.75) is 23.8 Å². The molecule has 1 fully saturated rings. The van der Waals surface area contributed by atoms with Crippen molar-refractivity contribution in [2.75, 3.05) is 18.9 Å². The zero-order valence-corrected chi connectivity index (χ0v) is 10.8. The summed E-state index contributed by atoms with van der Waals surface area (Å²) in [6.07, 6.45) is 2.21. The summed E-state index contributed by atoms with van der Waals surface area (Å²) in [5, 5.41) is 2.81. The lowest BCUT2D eigenvalue weighted by molar-refractivity contribution is -0.119. The average molecular weight is 269 g/mol. The van der Waals surface area contributed by atoms with Gasteiger partial charge in [-0.25, -0.2) is 4.39 Å². The van der Waals surface area contributed by atoms with Gasteiger partial charge in [-0.1, -0.05) is 12.1 Å². The minimum Gasteiger partial charge on any atom is -0.376 e. The molecule has 18 heavy (non-hydrogen) atoms. The molecule has 3 nitrogen and oxygen atoms in total. The van der Waals surface area contributed by atoms with Gasteiger partial charge in [0, 0.05) is 18.0 Å². The monoisotopic (exact) mass is 269 g/mol. The first kappa shape index (κ1) is 13.4. The van der Waals surface area contributed by atoms with Gasteiger partial charge in [-0.3, -0.25) is 4.79 Å². The van der Waals surface area contributed by atoms with Gasteiger partial charge in [-0.05, 0) is 25.0 Å². The van der Waals surface area contributed by atoms with Crippen LogP contribution in [0.2, 0.25) is 0 Å². The molecular formula is C13H16FNO2S. The van der Waals surface area contributed by atoms with E-state index in [9.17, 15) is 9.18 Å². The van der Waals surface area contributed by atoms with Crippen LogP contribution in [0.1, 0.15) is 12.8 Å². The molecule has 1 amide bonds. The number of hydrogen-bond donors (Lipinski definition) is 1. The third-order valence-electron chi connectivity index (χ3n) is 2.75. The smallest absolute Gasteiger partial charge is 0.230 e. The number of benzene rings is 1. The van der Waals surface area contributed by atoms with Gasteiger partial charge in [0.25, 0.3) is 0 Å². The quantitative estimate of drug-likeness (QED) is 0.833. The van der Waals surface area contributed by atoms with Crippen LogP contribution in [0.15, 0.2) is 29.2 Å². The van der Waals surface area contributed by atoms with E-state index in [1.54, 1.807) is 18.2 Å². The van der Waals surface area contributed by atoms with Crippen LogP contribution in [-0.4, -0.2) is 30.9 Å². The number of nitrogens with one attached hydrogen (secondary N) is 1. The summed E-state index contributed by atoms with van der Waals surface area (Å²) < 4.78 is 18.7. The molecule has 1 heterocycles. The Kier molecular flexibility index (Phi) is 5.01. The van der Waals surface area contributed by atoms with E-state index in [1.165, 1.54) is 17.8 Å². The normalized spacial score (nSPS) is 18.8. The largest absolute Gasteiger partial charge is 0.376 e. The first-order valence-electron chi connectivity index (χ1n) is 6.01. The standard InChI is InChI=1S/C13H16FNO2S/c14-11-5-1-2-6-12(11)18-9-13(16)15-8-10-4-3-7-17-10/h1-2,5-6,10H,3-4,7-9H2,(H,15,16)/t10-/m0/s1. The lowest BCUT2D eigenvalue weighted by atomic mass is 10.2. The lowest BCUT2D eigenvalue weighted by Gasteiger charge is -2.10. The SMILES string of the molecule is O=C(CSc1ccccc1F)NC[C@@H]1CCCO1. The molecule has 0 radical (unpaired) electrons. The van der Waals surface area contributed by atoms with Crippen molar-refractivity contribution >= 4 is 17.7 Å². The Bertz CT molecular complexity index is 408. The second kappa shape index (κ2) is 6.75. The third-order valence-corrected chi connectivity index (χ3v) is 3.79. The van der Waals surface area contributed by atoms with Gasteiger partial charge in [0.1, 0.15) is 5.82 Å². The highest BCUT2D eigenvalue weighted by Gasteiger charge is 2.16. The number of halogens is 1. The van der Waals surface area contributed by atoms with E-state index in [4.69, 9.17) is 4.74 Å². The number of amides is 1. The maximum Gasteiger partial charge on any atom is 0.230 e. The van der Waals surface area contributed by atoms with Crippen molar-refractivity contribution in [3.05, 3.63) is 30.1 Å². The molecule has 1 aliphatic rings. The van der Waals surface area contributed by atoms with Gasteiger partial charge < -0.3 is 10.1 Å². The summed E-state index contributed by atoms with van der Waals surface area (Å²) in [6, 6.07) is 6.46. The Labute approximate surface area is 110 Å². The van der Waals surface area contributed by atoms with Crippen LogP contribution in [0.25, 0.3) is 0 Å². The minimum absolute atomic E-state index is 0.0845. The molecule has 1 N–H and O–H groups in total. The zero-order chi connectivity index (χ0) is 12.8. The van der Waals surface area contributed by atoms with E-state index in [-0.39, 0.29) is 23.6 Å². The predicted octanol–water partition coefficient (Wildman–Crippen LogP) is 2.21. The molecular weight excluding hydrogens is 253 g/mol. The van der Waals surface area contributed by atoms with Gasteiger partial charge in [-0.15, -0.1) is 11.8 Å². The summed E-state index contributed by atoms with van der Waals surface area (Å²) >= 11 is 1.21. The number of carbonyl (C=O) groups is 1. The molecule has 5 heteroatoms. The molecule has 1 aromatic rings. The van der Waals surface area contributed by atoms with Crippen LogP contribution in [0.5, 0.6) is 0 Å². The fourth-order valence-corrected chi connectivity index (χ4v) is 2.56. The number of rotatable bonds is 5. The van der Waals surface area contributed by atoms with Gasteiger partial charge in [-0.2, -0.15) is 0 Å². The van der Waals surface area contributed by atoms with Crippen LogP contribution < -0.4 is 5.32 Å². The fraction of sp³-hybridized carbons (Fsp3) is 0.462. The Balaban J connectivity index is 1.69. The average Bonchev–Trinajstić information content (AvgIpc) is 2.88. The highest BCUT2D eigenvalue weighted by atomic mass is 32.2. The molecule has 0 aliphatic carbocycles. The molecule has 0 aromatic heterocycles. The van der Waals surface area contributed by atoms with E-state index < -0.39 is 0 Å². The molecule has 1 aromatic carbocycles. The second-order valence-corrected chi connectivity index (χ2v) is 5.18. The van der Waals surface area contributed by atoms with Gasteiger partial charge >= 0.3 is 0 Å². The summed E-state index contributed by atoms with van der Waals surface area (Å²) in [6.45, 7) is 1.33. The van der Waals surface area contributed by atoms with E-state index in [0.717, 1.165) is 19.4 Å². The Morgan fingerprint density at radius 2 is 2.33 bits per heavy atom. The van der Waals surface area contributed by atoms with E-state index in [1.807, 2.05) is 0 Å². The summed E-state index contributed by atoms with van der Waals surface area (Å²) in [7, 11) is 0. The lowest BCUT2D eigenvalue weighted by Crippen LogP contribution is -2.32. The van der Waals surface area contributed by atoms with Crippen molar-refractivity contribution in [3.8, 4) is 0 Å². The maximum absolute atomic E-state index is 13.3. The molecule has 98 valence electrons. The van der Waals surface area contributed by atoms with Crippen LogP contribution in [0.3, 0.4) is 0 Å². The van der Waals surface area contributed by atoms with E-state index in [0.29, 0.717) is 11.4 Å². The third kappa shape index (κ3) is 3.99. The molecule has 0 bridgehead atoms. The molecule has 1 aliphatic heterocycles. The first-order valence-corrected chi connectivity index (χ1v) is 7.00. The molecule has 0 spiro atoms. The first-order chi connectivity index (χ1) is 8.75. The number of carbonyl (C=O) groups excluding carboxylic acids is 1.